The fourth-order valence-corrected chi connectivity index (χ4v) is 1.65. The Labute approximate surface area is 110 Å². The van der Waals surface area contributed by atoms with Crippen molar-refractivity contribution in [1.82, 2.24) is 4.98 Å². The Hall–Kier alpha value is -2.43. The van der Waals surface area contributed by atoms with Gasteiger partial charge < -0.3 is 9.64 Å². The lowest BCUT2D eigenvalue weighted by molar-refractivity contribution is 0.0989. The van der Waals surface area contributed by atoms with Crippen molar-refractivity contribution < 1.29 is 13.9 Å². The first-order valence-electron chi connectivity index (χ1n) is 5.65. The number of hydrogen-bond acceptors (Lipinski definition) is 3. The molecule has 1 amide bonds. The van der Waals surface area contributed by atoms with Crippen molar-refractivity contribution in [2.24, 2.45) is 0 Å². The molecule has 0 aliphatic rings. The molecule has 0 radical (unpaired) electrons. The van der Waals surface area contributed by atoms with Crippen molar-refractivity contribution in [3.63, 3.8) is 0 Å². The van der Waals surface area contributed by atoms with Gasteiger partial charge >= 0.3 is 0 Å². The lowest BCUT2D eigenvalue weighted by atomic mass is 10.2. The highest BCUT2D eigenvalue weighted by Gasteiger charge is 2.17. The number of nitrogens with zero attached hydrogens (tertiary/aromatic N) is 2. The zero-order chi connectivity index (χ0) is 13.8. The van der Waals surface area contributed by atoms with E-state index in [1.807, 2.05) is 0 Å². The van der Waals surface area contributed by atoms with Gasteiger partial charge in [-0.2, -0.15) is 0 Å². The highest BCUT2D eigenvalue weighted by atomic mass is 19.1. The molecule has 1 aromatic heterocycles. The maximum absolute atomic E-state index is 13.5. The van der Waals surface area contributed by atoms with Crippen LogP contribution in [0.1, 0.15) is 10.4 Å². The molecular weight excluding hydrogens is 247 g/mol. The molecule has 0 fully saturated rings. The van der Waals surface area contributed by atoms with E-state index >= 15 is 0 Å². The Balaban J connectivity index is 2.26. The zero-order valence-electron chi connectivity index (χ0n) is 10.6. The van der Waals surface area contributed by atoms with E-state index in [0.717, 1.165) is 6.20 Å². The van der Waals surface area contributed by atoms with Gasteiger partial charge in [0.25, 0.3) is 5.91 Å². The van der Waals surface area contributed by atoms with E-state index in [1.54, 1.807) is 38.4 Å². The van der Waals surface area contributed by atoms with E-state index in [0.29, 0.717) is 11.4 Å². The van der Waals surface area contributed by atoms with Crippen molar-refractivity contribution in [2.75, 3.05) is 19.1 Å². The third-order valence-corrected chi connectivity index (χ3v) is 2.77. The molecule has 0 aliphatic carbocycles. The Morgan fingerprint density at radius 1 is 1.26 bits per heavy atom. The van der Waals surface area contributed by atoms with E-state index in [4.69, 9.17) is 4.74 Å². The van der Waals surface area contributed by atoms with Gasteiger partial charge in [0.1, 0.15) is 5.75 Å². The number of rotatable bonds is 3. The van der Waals surface area contributed by atoms with E-state index in [-0.39, 0.29) is 5.56 Å². The average Bonchev–Trinajstić information content (AvgIpc) is 2.46. The predicted octanol–water partition coefficient (Wildman–Crippen LogP) is 2.51. The van der Waals surface area contributed by atoms with Crippen molar-refractivity contribution in [3.05, 3.63) is 54.1 Å². The summed E-state index contributed by atoms with van der Waals surface area (Å²) in [5, 5.41) is 0. The largest absolute Gasteiger partial charge is 0.497 e. The van der Waals surface area contributed by atoms with Crippen molar-refractivity contribution in [2.45, 2.75) is 0 Å². The van der Waals surface area contributed by atoms with Gasteiger partial charge in [-0.3, -0.25) is 9.78 Å². The molecule has 19 heavy (non-hydrogen) atoms. The fraction of sp³-hybridized carbons (Fsp3) is 0.143. The lowest BCUT2D eigenvalue weighted by Crippen LogP contribution is -2.27. The van der Waals surface area contributed by atoms with Crippen molar-refractivity contribution >= 4 is 11.6 Å². The van der Waals surface area contributed by atoms with Crippen LogP contribution in [0.2, 0.25) is 0 Å². The van der Waals surface area contributed by atoms with Crippen LogP contribution in [0, 0.1) is 5.82 Å². The minimum absolute atomic E-state index is 0.00619. The minimum atomic E-state index is -0.632. The topological polar surface area (TPSA) is 42.4 Å². The van der Waals surface area contributed by atoms with Crippen molar-refractivity contribution in [1.29, 1.82) is 0 Å². The molecule has 0 N–H and O–H groups in total. The second kappa shape index (κ2) is 5.48. The van der Waals surface area contributed by atoms with Gasteiger partial charge in [-0.05, 0) is 30.3 Å². The summed E-state index contributed by atoms with van der Waals surface area (Å²) in [5.74, 6) is -0.363. The van der Waals surface area contributed by atoms with Gasteiger partial charge in [0.15, 0.2) is 5.82 Å². The highest BCUT2D eigenvalue weighted by Crippen LogP contribution is 2.20. The van der Waals surface area contributed by atoms with Crippen LogP contribution in [0.3, 0.4) is 0 Å². The number of ether oxygens (including phenoxy) is 1. The van der Waals surface area contributed by atoms with Crippen LogP contribution in [0.5, 0.6) is 5.75 Å². The zero-order valence-corrected chi connectivity index (χ0v) is 10.6. The summed E-state index contributed by atoms with van der Waals surface area (Å²) in [5.41, 5.74) is 0.648. The molecule has 0 aliphatic heterocycles. The normalized spacial score (nSPS) is 10.1. The van der Waals surface area contributed by atoms with Gasteiger partial charge in [-0.15, -0.1) is 0 Å². The molecular formula is C14H13FN2O2. The number of amides is 1. The first-order valence-corrected chi connectivity index (χ1v) is 5.65. The molecule has 5 heteroatoms. The Kier molecular flexibility index (Phi) is 3.75. The second-order valence-electron chi connectivity index (χ2n) is 3.92. The summed E-state index contributed by atoms with van der Waals surface area (Å²) in [6.07, 6.45) is 2.41. The monoisotopic (exact) mass is 260 g/mol. The van der Waals surface area contributed by atoms with Gasteiger partial charge in [0.2, 0.25) is 0 Å². The Bertz CT molecular complexity index is 584. The number of halogens is 1. The van der Waals surface area contributed by atoms with Crippen LogP contribution >= 0.6 is 0 Å². The molecule has 1 heterocycles. The minimum Gasteiger partial charge on any atom is -0.497 e. The second-order valence-corrected chi connectivity index (χ2v) is 3.92. The van der Waals surface area contributed by atoms with Gasteiger partial charge in [-0.1, -0.05) is 0 Å². The number of aromatic nitrogens is 1. The standard InChI is InChI=1S/C14H13FN2O2/c1-17(10-3-5-11(19-2)6-4-10)14(18)12-7-8-16-9-13(12)15/h3-9H,1-2H3. The van der Waals surface area contributed by atoms with Crippen LogP contribution in [0.15, 0.2) is 42.7 Å². The first-order chi connectivity index (χ1) is 9.13. The Morgan fingerprint density at radius 3 is 2.53 bits per heavy atom. The number of carbonyl (C=O) groups is 1. The summed E-state index contributed by atoms with van der Waals surface area (Å²) >= 11 is 0. The quantitative estimate of drug-likeness (QED) is 0.851. The average molecular weight is 260 g/mol. The molecule has 0 unspecified atom stereocenters. The van der Waals surface area contributed by atoms with Crippen LogP contribution in [0.4, 0.5) is 10.1 Å². The molecule has 4 nitrogen and oxygen atoms in total. The number of hydrogen-bond donors (Lipinski definition) is 0. The summed E-state index contributed by atoms with van der Waals surface area (Å²) < 4.78 is 18.5. The smallest absolute Gasteiger partial charge is 0.261 e. The van der Waals surface area contributed by atoms with E-state index < -0.39 is 11.7 Å². The first kappa shape index (κ1) is 13.0. The highest BCUT2D eigenvalue weighted by molar-refractivity contribution is 6.05. The maximum Gasteiger partial charge on any atom is 0.261 e. The van der Waals surface area contributed by atoms with Crippen LogP contribution in [-0.2, 0) is 0 Å². The van der Waals surface area contributed by atoms with Crippen molar-refractivity contribution in [3.8, 4) is 5.75 Å². The van der Waals surface area contributed by atoms with Crippen LogP contribution < -0.4 is 9.64 Å². The fourth-order valence-electron chi connectivity index (χ4n) is 1.65. The summed E-state index contributed by atoms with van der Waals surface area (Å²) in [6.45, 7) is 0. The Morgan fingerprint density at radius 2 is 1.95 bits per heavy atom. The molecule has 0 saturated heterocycles. The maximum atomic E-state index is 13.5. The van der Waals surface area contributed by atoms with E-state index in [9.17, 15) is 9.18 Å². The van der Waals surface area contributed by atoms with Gasteiger partial charge in [0.05, 0.1) is 18.9 Å². The summed E-state index contributed by atoms with van der Waals surface area (Å²) in [4.78, 5) is 17.1. The number of carbonyl (C=O) groups excluding carboxylic acids is 1. The van der Waals surface area contributed by atoms with Crippen LogP contribution in [0.25, 0.3) is 0 Å². The predicted molar refractivity (Wildman–Crippen MR) is 69.9 cm³/mol. The van der Waals surface area contributed by atoms with E-state index in [2.05, 4.69) is 4.98 Å². The molecule has 1 aromatic carbocycles. The number of methoxy groups -OCH3 is 1. The van der Waals surface area contributed by atoms with E-state index in [1.165, 1.54) is 17.2 Å². The molecule has 0 bridgehead atoms. The number of anilines is 1. The molecule has 0 spiro atoms. The number of pyridine rings is 1. The third-order valence-electron chi connectivity index (χ3n) is 2.77. The molecule has 0 atom stereocenters. The summed E-state index contributed by atoms with van der Waals surface area (Å²) in [6, 6.07) is 8.30. The summed E-state index contributed by atoms with van der Waals surface area (Å²) in [7, 11) is 3.15. The molecule has 98 valence electrons. The SMILES string of the molecule is COc1ccc(N(C)C(=O)c2ccncc2F)cc1. The number of benzene rings is 1. The molecule has 2 rings (SSSR count). The van der Waals surface area contributed by atoms with Crippen LogP contribution in [-0.4, -0.2) is 25.0 Å². The van der Waals surface area contributed by atoms with Gasteiger partial charge in [0, 0.05) is 18.9 Å². The lowest BCUT2D eigenvalue weighted by Gasteiger charge is -2.17. The molecule has 2 aromatic rings. The van der Waals surface area contributed by atoms with Gasteiger partial charge in [-0.25, -0.2) is 4.39 Å². The molecule has 0 saturated carbocycles. The third kappa shape index (κ3) is 2.70.